The average molecular weight is 459 g/mol. The number of esters is 1. The normalized spacial score (nSPS) is 12.2. The van der Waals surface area contributed by atoms with Crippen molar-refractivity contribution in [1.82, 2.24) is 0 Å². The van der Waals surface area contributed by atoms with E-state index in [9.17, 15) is 28.1 Å². The minimum atomic E-state index is -4.73. The van der Waals surface area contributed by atoms with Gasteiger partial charge in [0, 0.05) is 17.0 Å². The number of carbonyl (C=O) groups excluding carboxylic acids is 1. The highest BCUT2D eigenvalue weighted by Crippen LogP contribution is 2.39. The van der Waals surface area contributed by atoms with Crippen molar-refractivity contribution in [2.45, 2.75) is 37.4 Å². The van der Waals surface area contributed by atoms with Gasteiger partial charge in [-0.25, -0.2) is 4.79 Å². The quantitative estimate of drug-likeness (QED) is 0.201. The highest BCUT2D eigenvalue weighted by atomic mass is 32.2. The molecule has 0 radical (unpaired) electrons. The highest BCUT2D eigenvalue weighted by Gasteiger charge is 2.33. The van der Waals surface area contributed by atoms with E-state index in [-0.39, 0.29) is 23.9 Å². The first kappa shape index (κ1) is 24.3. The number of benzene rings is 2. The second-order valence-corrected chi connectivity index (χ2v) is 7.13. The monoisotopic (exact) mass is 459 g/mol. The first-order chi connectivity index (χ1) is 14.6. The Morgan fingerprint density at radius 3 is 2.48 bits per heavy atom. The molecule has 168 valence electrons. The zero-order valence-corrected chi connectivity index (χ0v) is 17.7. The second-order valence-electron chi connectivity index (χ2n) is 6.28. The van der Waals surface area contributed by atoms with Crippen molar-refractivity contribution in [3.63, 3.8) is 0 Å². The van der Waals surface area contributed by atoms with Crippen LogP contribution >= 0.6 is 11.8 Å². The lowest BCUT2D eigenvalue weighted by molar-refractivity contribution is -0.385. The molecule has 0 aliphatic carbocycles. The lowest BCUT2D eigenvalue weighted by Crippen LogP contribution is -2.26. The Kier molecular flexibility index (Phi) is 8.14. The number of rotatable bonds is 9. The van der Waals surface area contributed by atoms with E-state index in [0.29, 0.717) is 23.4 Å². The van der Waals surface area contributed by atoms with E-state index in [1.165, 1.54) is 30.8 Å². The van der Waals surface area contributed by atoms with Crippen LogP contribution in [0.3, 0.4) is 0 Å². The molecule has 0 aliphatic rings. The van der Waals surface area contributed by atoms with Gasteiger partial charge < -0.3 is 14.2 Å². The third-order valence-corrected chi connectivity index (χ3v) is 4.71. The van der Waals surface area contributed by atoms with Crippen molar-refractivity contribution in [1.29, 1.82) is 0 Å². The van der Waals surface area contributed by atoms with Crippen molar-refractivity contribution in [2.75, 3.05) is 12.9 Å². The summed E-state index contributed by atoms with van der Waals surface area (Å²) >= 11 is 1.33. The second kappa shape index (κ2) is 10.4. The van der Waals surface area contributed by atoms with E-state index in [2.05, 4.69) is 0 Å². The Labute approximate surface area is 180 Å². The lowest BCUT2D eigenvalue weighted by Gasteiger charge is -2.17. The third-order valence-electron chi connectivity index (χ3n) is 3.93. The number of nitro groups is 1. The number of ether oxygens (including phenoxy) is 3. The van der Waals surface area contributed by atoms with E-state index in [1.807, 2.05) is 6.92 Å². The van der Waals surface area contributed by atoms with Gasteiger partial charge in [0.25, 0.3) is 0 Å². The standard InChI is InChI=1S/C20H20F3NO6S/c1-4-9-28-19(25)12(2)29-17-11-14(6-8-18(17)31-3)30-16-7-5-13(20(21,22)23)10-15(16)24(26)27/h5-8,10-12H,4,9H2,1-3H3. The van der Waals surface area contributed by atoms with Gasteiger partial charge in [-0.15, -0.1) is 11.8 Å². The van der Waals surface area contributed by atoms with E-state index >= 15 is 0 Å². The van der Waals surface area contributed by atoms with Crippen molar-refractivity contribution in [2.24, 2.45) is 0 Å². The van der Waals surface area contributed by atoms with E-state index in [1.54, 1.807) is 12.3 Å². The van der Waals surface area contributed by atoms with Gasteiger partial charge in [0.2, 0.25) is 5.75 Å². The average Bonchev–Trinajstić information content (AvgIpc) is 2.71. The summed E-state index contributed by atoms with van der Waals surface area (Å²) in [5.74, 6) is -0.569. The molecule has 2 rings (SSSR count). The topological polar surface area (TPSA) is 87.9 Å². The van der Waals surface area contributed by atoms with Gasteiger partial charge in [0.05, 0.1) is 17.1 Å². The van der Waals surface area contributed by atoms with Crippen molar-refractivity contribution in [3.8, 4) is 17.2 Å². The van der Waals surface area contributed by atoms with Crippen LogP contribution in [0.1, 0.15) is 25.8 Å². The zero-order chi connectivity index (χ0) is 23.2. The summed E-state index contributed by atoms with van der Waals surface area (Å²) in [6.45, 7) is 3.62. The maximum atomic E-state index is 12.9. The number of nitro benzene ring substituents is 1. The predicted molar refractivity (Wildman–Crippen MR) is 108 cm³/mol. The molecule has 1 atom stereocenters. The maximum Gasteiger partial charge on any atom is 0.416 e. The first-order valence-corrected chi connectivity index (χ1v) is 10.3. The third kappa shape index (κ3) is 6.51. The molecule has 0 aliphatic heterocycles. The maximum absolute atomic E-state index is 12.9. The Bertz CT molecular complexity index is 951. The van der Waals surface area contributed by atoms with E-state index in [4.69, 9.17) is 14.2 Å². The SMILES string of the molecule is CCCOC(=O)C(C)Oc1cc(Oc2ccc(C(F)(F)F)cc2[N+](=O)[O-])ccc1SC. The molecular formula is C20H20F3NO6S. The Hall–Kier alpha value is -2.95. The number of halogens is 3. The summed E-state index contributed by atoms with van der Waals surface area (Å²) in [4.78, 5) is 22.9. The fourth-order valence-electron chi connectivity index (χ4n) is 2.42. The zero-order valence-electron chi connectivity index (χ0n) is 16.9. The molecule has 1 unspecified atom stereocenters. The smallest absolute Gasteiger partial charge is 0.416 e. The van der Waals surface area contributed by atoms with Gasteiger partial charge in [-0.3, -0.25) is 10.1 Å². The van der Waals surface area contributed by atoms with Crippen LogP contribution in [-0.2, 0) is 15.7 Å². The minimum absolute atomic E-state index is 0.0878. The van der Waals surface area contributed by atoms with Gasteiger partial charge in [-0.1, -0.05) is 6.92 Å². The molecule has 0 amide bonds. The van der Waals surface area contributed by atoms with Gasteiger partial charge in [-0.05, 0) is 43.9 Å². The van der Waals surface area contributed by atoms with Crippen LogP contribution in [-0.4, -0.2) is 29.9 Å². The summed E-state index contributed by atoms with van der Waals surface area (Å²) in [6.07, 6.45) is -3.21. The molecule has 2 aromatic rings. The molecule has 0 fully saturated rings. The number of nitrogens with zero attached hydrogens (tertiary/aromatic N) is 1. The summed E-state index contributed by atoms with van der Waals surface area (Å²) in [5, 5.41) is 11.2. The van der Waals surface area contributed by atoms with E-state index < -0.39 is 34.4 Å². The number of hydrogen-bond acceptors (Lipinski definition) is 7. The molecule has 0 heterocycles. The molecule has 0 aromatic heterocycles. The molecule has 2 aromatic carbocycles. The van der Waals surface area contributed by atoms with Crippen LogP contribution in [0.2, 0.25) is 0 Å². The number of thioether (sulfide) groups is 1. The van der Waals surface area contributed by atoms with Crippen LogP contribution in [0.15, 0.2) is 41.3 Å². The van der Waals surface area contributed by atoms with Crippen LogP contribution in [0.4, 0.5) is 18.9 Å². The van der Waals surface area contributed by atoms with Crippen LogP contribution in [0, 0.1) is 10.1 Å². The van der Waals surface area contributed by atoms with Crippen LogP contribution in [0.5, 0.6) is 17.2 Å². The van der Waals surface area contributed by atoms with Gasteiger partial charge >= 0.3 is 17.8 Å². The molecule has 11 heteroatoms. The molecular weight excluding hydrogens is 439 g/mol. The molecule has 0 saturated heterocycles. The summed E-state index contributed by atoms with van der Waals surface area (Å²) < 4.78 is 54.8. The van der Waals surface area contributed by atoms with Crippen molar-refractivity contribution < 1.29 is 37.1 Å². The molecule has 31 heavy (non-hydrogen) atoms. The Morgan fingerprint density at radius 2 is 1.90 bits per heavy atom. The Balaban J connectivity index is 2.31. The fraction of sp³-hybridized carbons (Fsp3) is 0.350. The molecule has 7 nitrogen and oxygen atoms in total. The lowest BCUT2D eigenvalue weighted by atomic mass is 10.2. The van der Waals surface area contributed by atoms with Crippen molar-refractivity contribution in [3.05, 3.63) is 52.1 Å². The van der Waals surface area contributed by atoms with Crippen LogP contribution < -0.4 is 9.47 Å². The largest absolute Gasteiger partial charge is 0.478 e. The first-order valence-electron chi connectivity index (χ1n) is 9.11. The van der Waals surface area contributed by atoms with Crippen LogP contribution in [0.25, 0.3) is 0 Å². The summed E-state index contributed by atoms with van der Waals surface area (Å²) in [7, 11) is 0. The van der Waals surface area contributed by atoms with Gasteiger partial charge in [-0.2, -0.15) is 13.2 Å². The van der Waals surface area contributed by atoms with Gasteiger partial charge in [0.1, 0.15) is 11.5 Å². The fourth-order valence-corrected chi connectivity index (χ4v) is 2.93. The predicted octanol–water partition coefficient (Wildman–Crippen LogP) is 5.85. The molecule has 0 saturated carbocycles. The Morgan fingerprint density at radius 1 is 1.19 bits per heavy atom. The van der Waals surface area contributed by atoms with Gasteiger partial charge in [0.15, 0.2) is 6.10 Å². The minimum Gasteiger partial charge on any atom is -0.478 e. The number of hydrogen-bond donors (Lipinski definition) is 0. The summed E-state index contributed by atoms with van der Waals surface area (Å²) in [5.41, 5.74) is -1.99. The molecule has 0 N–H and O–H groups in total. The van der Waals surface area contributed by atoms with Crippen molar-refractivity contribution >= 4 is 23.4 Å². The highest BCUT2D eigenvalue weighted by molar-refractivity contribution is 7.98. The van der Waals surface area contributed by atoms with E-state index in [0.717, 1.165) is 6.07 Å². The molecule has 0 spiro atoms. The number of alkyl halides is 3. The summed E-state index contributed by atoms with van der Waals surface area (Å²) in [6, 6.07) is 6.48. The number of carbonyl (C=O) groups is 1. The molecule has 0 bridgehead atoms.